The van der Waals surface area contributed by atoms with Gasteiger partial charge in [-0.1, -0.05) is 200 Å². The van der Waals surface area contributed by atoms with Crippen molar-refractivity contribution in [3.63, 3.8) is 0 Å². The van der Waals surface area contributed by atoms with Gasteiger partial charge in [0.05, 0.1) is 54.6 Å². The SMILES string of the molecule is NNc1cccc2ccc3cccnc3c12.Nc1cccc2ccc3cccnc3c12.O=[N+]([O-])c1cccc2ccc3cccnc3c12.[Ir].c1ccc2c(c1)ccc1cccnc12.c1cnc2c(c1)ccc1ccc3cc[n-]c3c12.c1cnc2c(c1)ccc1ccc3cc[nH]c3c12. The number of rotatable bonds is 2. The van der Waals surface area contributed by atoms with Crippen LogP contribution in [-0.2, 0) is 20.1 Å². The van der Waals surface area contributed by atoms with Crippen LogP contribution in [0.25, 0.3) is 152 Å². The van der Waals surface area contributed by atoms with E-state index in [2.05, 4.69) is 197 Å². The third kappa shape index (κ3) is 12.2. The van der Waals surface area contributed by atoms with Crippen LogP contribution >= 0.6 is 0 Å². The van der Waals surface area contributed by atoms with Gasteiger partial charge in [0.2, 0.25) is 0 Å². The number of nitrogens with two attached hydrogens (primary N) is 2. The van der Waals surface area contributed by atoms with Crippen molar-refractivity contribution in [3.8, 4) is 0 Å². The van der Waals surface area contributed by atoms with Gasteiger partial charge in [0.25, 0.3) is 5.69 Å². The number of nitro benzene ring substituents is 1. The number of hydrogen-bond donors (Lipinski definition) is 4. The second-order valence-corrected chi connectivity index (χ2v) is 22.8. The number of hydrazine groups is 1. The molecule has 20 rings (SSSR count). The fraction of sp³-hybridized carbons (Fsp3) is 0. The fourth-order valence-corrected chi connectivity index (χ4v) is 12.7. The van der Waals surface area contributed by atoms with E-state index in [0.29, 0.717) is 10.9 Å². The third-order valence-corrected chi connectivity index (χ3v) is 17.2. The molecule has 12 aromatic carbocycles. The van der Waals surface area contributed by atoms with E-state index in [1.807, 2.05) is 128 Å². The minimum atomic E-state index is -0.365. The Morgan fingerprint density at radius 3 is 1.29 bits per heavy atom. The van der Waals surface area contributed by atoms with Gasteiger partial charge in [0.1, 0.15) is 0 Å². The van der Waals surface area contributed by atoms with E-state index in [1.165, 1.54) is 60.1 Å². The predicted molar refractivity (Wildman–Crippen MR) is 397 cm³/mol. The average molecular weight is 1430 g/mol. The molecule has 1 radical (unpaired) electrons. The van der Waals surface area contributed by atoms with Crippen LogP contribution in [0, 0.1) is 10.1 Å². The molecule has 97 heavy (non-hydrogen) atoms. The molecule has 15 heteroatoms. The number of nitro groups is 1. The molecule has 8 heterocycles. The molecule has 0 saturated carbocycles. The van der Waals surface area contributed by atoms with Crippen molar-refractivity contribution < 1.29 is 25.0 Å². The first-order valence-electron chi connectivity index (χ1n) is 31.1. The van der Waals surface area contributed by atoms with Gasteiger partial charge in [-0.25, -0.2) is 0 Å². The molecular formula is C82H57IrN12O2-. The first-order valence-corrected chi connectivity index (χ1v) is 31.1. The zero-order valence-corrected chi connectivity index (χ0v) is 54.2. The summed E-state index contributed by atoms with van der Waals surface area (Å²) in [6, 6.07) is 86.8. The average Bonchev–Trinajstić information content (AvgIpc) is 1.76. The summed E-state index contributed by atoms with van der Waals surface area (Å²) in [5.41, 5.74) is 18.6. The van der Waals surface area contributed by atoms with E-state index in [9.17, 15) is 10.1 Å². The standard InChI is InChI=1S/C15H10N2.C15H9N2.C13H11N3.C13H8N2O2.C13H10N2.C13H9N.Ir/c2*1-2-11-5-3-10-4-6-12-7-9-17-15(12)13(10)14(11)16-8-1;14-16-11-5-1-3-9-6-7-10-4-2-8-15-13(10)12(9)11;16-15(17)11-5-1-3-9-6-7-10-4-2-8-14-13(10)12(9)11;14-11-5-1-3-9-6-7-10-4-2-8-15-13(10)12(9)11;1-2-6-12-10(4-1)7-8-11-5-3-9-14-13(11)12;/h1-9,17H;1-9H;1-8,16H,14H2;1-8H;1-8H,14H2;1-9H;/q;-1;;;;;. The summed E-state index contributed by atoms with van der Waals surface area (Å²) in [6.45, 7) is 0. The van der Waals surface area contributed by atoms with Gasteiger partial charge in [-0.05, 0) is 97.7 Å². The van der Waals surface area contributed by atoms with Gasteiger partial charge >= 0.3 is 0 Å². The molecule has 0 atom stereocenters. The quantitative estimate of drug-likeness (QED) is 0.0418. The van der Waals surface area contributed by atoms with E-state index in [4.69, 9.17) is 11.6 Å². The summed E-state index contributed by atoms with van der Waals surface area (Å²) < 4.78 is 0. The summed E-state index contributed by atoms with van der Waals surface area (Å²) in [5.74, 6) is 5.53. The van der Waals surface area contributed by atoms with Crippen LogP contribution in [0.4, 0.5) is 17.1 Å². The number of benzene rings is 12. The number of anilines is 2. The number of fused-ring (bicyclic) bond motifs is 22. The Hall–Kier alpha value is -12.7. The Morgan fingerprint density at radius 1 is 0.351 bits per heavy atom. The molecule has 6 N–H and O–H groups in total. The van der Waals surface area contributed by atoms with Crippen LogP contribution in [0.1, 0.15) is 0 Å². The third-order valence-electron chi connectivity index (χ3n) is 17.2. The van der Waals surface area contributed by atoms with E-state index in [-0.39, 0.29) is 30.7 Å². The minimum Gasteiger partial charge on any atom is -0.663 e. The van der Waals surface area contributed by atoms with Crippen LogP contribution in [0.2, 0.25) is 0 Å². The number of H-pyrrole nitrogens is 1. The molecule has 0 unspecified atom stereocenters. The number of non-ortho nitro benzene ring substituents is 1. The molecule has 0 aliphatic rings. The summed E-state index contributed by atoms with van der Waals surface area (Å²) >= 11 is 0. The summed E-state index contributed by atoms with van der Waals surface area (Å²) in [4.78, 5) is 44.9. The second kappa shape index (κ2) is 27.5. The van der Waals surface area contributed by atoms with Crippen LogP contribution < -0.4 is 22.0 Å². The first-order chi connectivity index (χ1) is 47.3. The maximum atomic E-state index is 11.0. The summed E-state index contributed by atoms with van der Waals surface area (Å²) in [6.07, 6.45) is 14.6. The molecule has 0 aliphatic carbocycles. The van der Waals surface area contributed by atoms with Crippen molar-refractivity contribution in [1.29, 1.82) is 0 Å². The molecule has 0 amide bonds. The summed E-state index contributed by atoms with van der Waals surface area (Å²) in [5, 5.41) is 33.3. The van der Waals surface area contributed by atoms with E-state index in [1.54, 1.807) is 24.7 Å². The van der Waals surface area contributed by atoms with Gasteiger partial charge in [-0.2, -0.15) is 6.20 Å². The second-order valence-electron chi connectivity index (χ2n) is 22.8. The Labute approximate surface area is 567 Å². The summed E-state index contributed by atoms with van der Waals surface area (Å²) in [7, 11) is 0. The number of nitrogens with zero attached hydrogens (tertiary/aromatic N) is 8. The number of nitrogen functional groups attached to an aromatic ring is 2. The number of aromatic amines is 1. The molecule has 14 nitrogen and oxygen atoms in total. The topological polar surface area (TPSA) is 214 Å². The van der Waals surface area contributed by atoms with Crippen molar-refractivity contribution in [2.45, 2.75) is 0 Å². The van der Waals surface area contributed by atoms with Crippen molar-refractivity contribution in [3.05, 3.63) is 321 Å². The van der Waals surface area contributed by atoms with Crippen molar-refractivity contribution in [2.75, 3.05) is 11.2 Å². The van der Waals surface area contributed by atoms with E-state index in [0.717, 1.165) is 98.3 Å². The number of pyridine rings is 6. The van der Waals surface area contributed by atoms with Crippen LogP contribution in [0.5, 0.6) is 0 Å². The first kappa shape index (κ1) is 61.8. The number of aromatic nitrogens is 8. The molecule has 0 bridgehead atoms. The Bertz CT molecular complexity index is 6120. The van der Waals surface area contributed by atoms with Crippen LogP contribution in [0.3, 0.4) is 0 Å². The molecule has 467 valence electrons. The number of hydrogen-bond acceptors (Lipinski definition) is 11. The fourth-order valence-electron chi connectivity index (χ4n) is 12.7. The smallest absolute Gasteiger partial charge is 0.279 e. The predicted octanol–water partition coefficient (Wildman–Crippen LogP) is 19.7. The zero-order valence-electron chi connectivity index (χ0n) is 51.8. The van der Waals surface area contributed by atoms with Gasteiger partial charge in [0.15, 0.2) is 0 Å². The van der Waals surface area contributed by atoms with Crippen LogP contribution in [-0.4, -0.2) is 39.8 Å². The molecular weight excluding hydrogens is 1380 g/mol. The molecule has 20 aromatic rings. The zero-order chi connectivity index (χ0) is 64.9. The van der Waals surface area contributed by atoms with Gasteiger partial charge in [0, 0.05) is 134 Å². The van der Waals surface area contributed by atoms with E-state index < -0.39 is 0 Å². The molecule has 0 saturated heterocycles. The van der Waals surface area contributed by atoms with Gasteiger partial charge in [-0.3, -0.25) is 45.9 Å². The maximum absolute atomic E-state index is 11.0. The maximum Gasteiger partial charge on any atom is 0.279 e. The normalized spacial score (nSPS) is 11.0. The Kier molecular flexibility index (Phi) is 17.5. The number of nitrogens with one attached hydrogen (secondary N) is 2. The molecule has 0 fully saturated rings. The van der Waals surface area contributed by atoms with Crippen LogP contribution in [0.15, 0.2) is 310 Å². The van der Waals surface area contributed by atoms with Gasteiger partial charge in [-0.15, -0.1) is 5.52 Å². The van der Waals surface area contributed by atoms with Crippen molar-refractivity contribution >= 4 is 169 Å². The minimum absolute atomic E-state index is 0. The largest absolute Gasteiger partial charge is 0.663 e. The monoisotopic (exact) mass is 1430 g/mol. The van der Waals surface area contributed by atoms with Gasteiger partial charge < -0.3 is 21.1 Å². The van der Waals surface area contributed by atoms with Crippen molar-refractivity contribution in [1.82, 2.24) is 39.9 Å². The molecule has 0 aliphatic heterocycles. The molecule has 8 aromatic heterocycles. The Balaban J connectivity index is 0.0000000997. The van der Waals surface area contributed by atoms with E-state index >= 15 is 0 Å². The molecule has 0 spiro atoms. The van der Waals surface area contributed by atoms with Crippen molar-refractivity contribution in [2.24, 2.45) is 5.84 Å². The Morgan fingerprint density at radius 2 is 0.732 bits per heavy atom.